The summed E-state index contributed by atoms with van der Waals surface area (Å²) in [7, 11) is 0. The molecule has 2 aromatic carbocycles. The van der Waals surface area contributed by atoms with Crippen LogP contribution in [0.3, 0.4) is 0 Å². The minimum Gasteiger partial charge on any atom is -0.454 e. The van der Waals surface area contributed by atoms with Crippen LogP contribution in [0.4, 0.5) is 0 Å². The Morgan fingerprint density at radius 1 is 1.12 bits per heavy atom. The standard InChI is InChI=1S/C23H23BrN4O4/c24-17-4-2-16(3-5-17)21-22(30)27-23(26-21)7-9-28(10-8-23)13-20(29)25-12-15-1-6-18-19(11-15)32-14-31-18/h1-6,11H,7-10,12-14H2,(H,25,29)(H,27,30). The Morgan fingerprint density at radius 2 is 1.88 bits per heavy atom. The number of halogens is 1. The maximum atomic E-state index is 12.5. The molecule has 0 aliphatic carbocycles. The van der Waals surface area contributed by atoms with E-state index >= 15 is 0 Å². The molecule has 5 rings (SSSR count). The fraction of sp³-hybridized carbons (Fsp3) is 0.348. The van der Waals surface area contributed by atoms with Crippen LogP contribution in [0.5, 0.6) is 11.5 Å². The van der Waals surface area contributed by atoms with E-state index in [1.807, 2.05) is 42.5 Å². The third-order valence-electron chi connectivity index (χ3n) is 5.98. The van der Waals surface area contributed by atoms with Gasteiger partial charge in [0.05, 0.1) is 6.54 Å². The maximum absolute atomic E-state index is 12.5. The van der Waals surface area contributed by atoms with Gasteiger partial charge >= 0.3 is 0 Å². The Kier molecular flexibility index (Phi) is 5.60. The number of carbonyl (C=O) groups excluding carboxylic acids is 2. The van der Waals surface area contributed by atoms with Crippen molar-refractivity contribution in [3.63, 3.8) is 0 Å². The third kappa shape index (κ3) is 4.35. The van der Waals surface area contributed by atoms with Crippen LogP contribution in [0.25, 0.3) is 0 Å². The van der Waals surface area contributed by atoms with Crippen molar-refractivity contribution in [3.8, 4) is 11.5 Å². The van der Waals surface area contributed by atoms with Crippen LogP contribution in [0.15, 0.2) is 51.9 Å². The predicted octanol–water partition coefficient (Wildman–Crippen LogP) is 2.21. The Morgan fingerprint density at radius 3 is 2.66 bits per heavy atom. The van der Waals surface area contributed by atoms with Gasteiger partial charge < -0.3 is 20.1 Å². The van der Waals surface area contributed by atoms with Gasteiger partial charge in [0.2, 0.25) is 12.7 Å². The van der Waals surface area contributed by atoms with Gasteiger partial charge in [0.25, 0.3) is 5.91 Å². The quantitative estimate of drug-likeness (QED) is 0.659. The van der Waals surface area contributed by atoms with Crippen molar-refractivity contribution in [2.75, 3.05) is 26.4 Å². The molecule has 9 heteroatoms. The molecular weight excluding hydrogens is 476 g/mol. The lowest BCUT2D eigenvalue weighted by Crippen LogP contribution is -2.52. The lowest BCUT2D eigenvalue weighted by atomic mass is 9.98. The summed E-state index contributed by atoms with van der Waals surface area (Å²) < 4.78 is 11.6. The summed E-state index contributed by atoms with van der Waals surface area (Å²) in [5, 5.41) is 6.03. The van der Waals surface area contributed by atoms with Gasteiger partial charge in [0, 0.05) is 42.5 Å². The molecule has 0 atom stereocenters. The second-order valence-corrected chi connectivity index (χ2v) is 9.11. The van der Waals surface area contributed by atoms with Crippen LogP contribution < -0.4 is 20.1 Å². The van der Waals surface area contributed by atoms with Crippen molar-refractivity contribution >= 4 is 33.5 Å². The summed E-state index contributed by atoms with van der Waals surface area (Å²) >= 11 is 3.41. The molecule has 0 saturated carbocycles. The number of aliphatic imine (C=N–C) groups is 1. The lowest BCUT2D eigenvalue weighted by molar-refractivity contribution is -0.123. The van der Waals surface area contributed by atoms with Crippen molar-refractivity contribution < 1.29 is 19.1 Å². The molecule has 1 spiro atoms. The molecule has 3 aliphatic rings. The molecule has 0 unspecified atom stereocenters. The molecule has 2 amide bonds. The highest BCUT2D eigenvalue weighted by Gasteiger charge is 2.42. The van der Waals surface area contributed by atoms with Crippen molar-refractivity contribution in [3.05, 3.63) is 58.1 Å². The molecule has 0 aromatic heterocycles. The van der Waals surface area contributed by atoms with Crippen LogP contribution in [-0.4, -0.2) is 54.5 Å². The molecule has 3 aliphatic heterocycles. The Bertz CT molecular complexity index is 1080. The van der Waals surface area contributed by atoms with E-state index in [1.54, 1.807) is 0 Å². The average molecular weight is 499 g/mol. The van der Waals surface area contributed by atoms with Crippen LogP contribution in [0.2, 0.25) is 0 Å². The maximum Gasteiger partial charge on any atom is 0.272 e. The summed E-state index contributed by atoms with van der Waals surface area (Å²) in [6, 6.07) is 13.2. The molecule has 8 nitrogen and oxygen atoms in total. The van der Waals surface area contributed by atoms with E-state index in [2.05, 4.69) is 31.5 Å². The number of carbonyl (C=O) groups is 2. The molecule has 166 valence electrons. The average Bonchev–Trinajstić information content (AvgIpc) is 3.38. The SMILES string of the molecule is O=C(CN1CCC2(CC1)N=C(c1ccc(Br)cc1)C(=O)N2)NCc1ccc2c(c1)OCO2. The van der Waals surface area contributed by atoms with E-state index in [0.717, 1.165) is 21.3 Å². The number of benzene rings is 2. The number of rotatable bonds is 5. The Hall–Kier alpha value is -2.91. The van der Waals surface area contributed by atoms with Gasteiger partial charge in [-0.2, -0.15) is 0 Å². The highest BCUT2D eigenvalue weighted by atomic mass is 79.9. The van der Waals surface area contributed by atoms with Gasteiger partial charge in [-0.05, 0) is 29.8 Å². The highest BCUT2D eigenvalue weighted by molar-refractivity contribution is 9.10. The molecule has 1 saturated heterocycles. The van der Waals surface area contributed by atoms with Gasteiger partial charge in [0.1, 0.15) is 11.4 Å². The van der Waals surface area contributed by atoms with Crippen molar-refractivity contribution in [2.45, 2.75) is 25.0 Å². The van der Waals surface area contributed by atoms with Gasteiger partial charge in [-0.15, -0.1) is 0 Å². The van der Waals surface area contributed by atoms with Crippen LogP contribution in [-0.2, 0) is 16.1 Å². The highest BCUT2D eigenvalue weighted by Crippen LogP contribution is 2.32. The number of piperidine rings is 1. The van der Waals surface area contributed by atoms with E-state index in [9.17, 15) is 9.59 Å². The fourth-order valence-electron chi connectivity index (χ4n) is 4.20. The minimum absolute atomic E-state index is 0.0341. The van der Waals surface area contributed by atoms with Crippen LogP contribution >= 0.6 is 15.9 Å². The molecular formula is C23H23BrN4O4. The zero-order valence-electron chi connectivity index (χ0n) is 17.4. The van der Waals surface area contributed by atoms with Crippen LogP contribution in [0.1, 0.15) is 24.0 Å². The third-order valence-corrected chi connectivity index (χ3v) is 6.51. The van der Waals surface area contributed by atoms with Crippen molar-refractivity contribution in [1.82, 2.24) is 15.5 Å². The Labute approximate surface area is 194 Å². The molecule has 2 N–H and O–H groups in total. The van der Waals surface area contributed by atoms with Gasteiger partial charge in [-0.25, -0.2) is 0 Å². The lowest BCUT2D eigenvalue weighted by Gasteiger charge is -2.36. The monoisotopic (exact) mass is 498 g/mol. The fourth-order valence-corrected chi connectivity index (χ4v) is 4.46. The number of hydrogen-bond donors (Lipinski definition) is 2. The van der Waals surface area contributed by atoms with E-state index in [0.29, 0.717) is 50.5 Å². The first kappa shape index (κ1) is 21.0. The van der Waals surface area contributed by atoms with Crippen molar-refractivity contribution in [1.29, 1.82) is 0 Å². The summed E-state index contributed by atoms with van der Waals surface area (Å²) in [5.41, 5.74) is 1.68. The van der Waals surface area contributed by atoms with Gasteiger partial charge in [0.15, 0.2) is 11.5 Å². The zero-order valence-corrected chi connectivity index (χ0v) is 19.0. The zero-order chi connectivity index (χ0) is 22.1. The number of likely N-dealkylation sites (tertiary alicyclic amines) is 1. The first-order chi connectivity index (χ1) is 15.5. The number of nitrogens with one attached hydrogen (secondary N) is 2. The number of hydrogen-bond acceptors (Lipinski definition) is 6. The summed E-state index contributed by atoms with van der Waals surface area (Å²) in [6.45, 7) is 2.36. The molecule has 1 fully saturated rings. The summed E-state index contributed by atoms with van der Waals surface area (Å²) in [4.78, 5) is 31.8. The molecule has 2 aromatic rings. The second-order valence-electron chi connectivity index (χ2n) is 8.19. The molecule has 0 bridgehead atoms. The normalized spacial score (nSPS) is 19.0. The van der Waals surface area contributed by atoms with Crippen molar-refractivity contribution in [2.24, 2.45) is 4.99 Å². The molecule has 3 heterocycles. The van der Waals surface area contributed by atoms with Gasteiger partial charge in [-0.1, -0.05) is 34.1 Å². The Balaban J connectivity index is 1.13. The van der Waals surface area contributed by atoms with E-state index < -0.39 is 5.66 Å². The van der Waals surface area contributed by atoms with E-state index in [-0.39, 0.29) is 18.6 Å². The van der Waals surface area contributed by atoms with E-state index in [1.165, 1.54) is 0 Å². The topological polar surface area (TPSA) is 92.3 Å². The minimum atomic E-state index is -0.570. The number of nitrogens with zero attached hydrogens (tertiary/aromatic N) is 2. The first-order valence-corrected chi connectivity index (χ1v) is 11.3. The predicted molar refractivity (Wildman–Crippen MR) is 122 cm³/mol. The molecule has 32 heavy (non-hydrogen) atoms. The first-order valence-electron chi connectivity index (χ1n) is 10.6. The summed E-state index contributed by atoms with van der Waals surface area (Å²) in [5.74, 6) is 1.27. The number of amides is 2. The summed E-state index contributed by atoms with van der Waals surface area (Å²) in [6.07, 6.45) is 1.35. The van der Waals surface area contributed by atoms with Crippen LogP contribution in [0, 0.1) is 0 Å². The smallest absolute Gasteiger partial charge is 0.272 e. The van der Waals surface area contributed by atoms with E-state index in [4.69, 9.17) is 14.5 Å². The molecule has 0 radical (unpaired) electrons. The van der Waals surface area contributed by atoms with Gasteiger partial charge in [-0.3, -0.25) is 19.5 Å². The largest absolute Gasteiger partial charge is 0.454 e. The second kappa shape index (κ2) is 8.55. The number of ether oxygens (including phenoxy) is 2. The number of fused-ring (bicyclic) bond motifs is 1.